The van der Waals surface area contributed by atoms with Crippen molar-refractivity contribution in [2.24, 2.45) is 5.41 Å². The number of nitrogens with zero attached hydrogens (tertiary/aromatic N) is 1. The maximum Gasteiger partial charge on any atom is 0.410 e. The average molecular weight is 212 g/mol. The summed E-state index contributed by atoms with van der Waals surface area (Å²) in [6.45, 7) is 10.7. The van der Waals surface area contributed by atoms with Crippen LogP contribution in [0.3, 0.4) is 0 Å². The number of rotatable bonds is 0. The fourth-order valence-electron chi connectivity index (χ4n) is 2.22. The molecule has 2 saturated heterocycles. The molecule has 86 valence electrons. The van der Waals surface area contributed by atoms with Crippen molar-refractivity contribution < 1.29 is 9.53 Å². The maximum absolute atomic E-state index is 11.8. The molecule has 1 atom stereocenters. The second-order valence-corrected chi connectivity index (χ2v) is 5.75. The Morgan fingerprint density at radius 2 is 2.07 bits per heavy atom. The number of carbonyl (C=O) groups is 1. The van der Waals surface area contributed by atoms with E-state index in [-0.39, 0.29) is 6.09 Å². The van der Waals surface area contributed by atoms with Gasteiger partial charge < -0.3 is 15.0 Å². The number of amides is 1. The van der Waals surface area contributed by atoms with Crippen molar-refractivity contribution in [2.75, 3.05) is 19.6 Å². The Balaban J connectivity index is 1.89. The Kier molecular flexibility index (Phi) is 2.23. The van der Waals surface area contributed by atoms with Crippen LogP contribution < -0.4 is 5.32 Å². The summed E-state index contributed by atoms with van der Waals surface area (Å²) < 4.78 is 5.34. The lowest BCUT2D eigenvalue weighted by atomic mass is 9.68. The van der Waals surface area contributed by atoms with Crippen molar-refractivity contribution in [3.63, 3.8) is 0 Å². The van der Waals surface area contributed by atoms with Gasteiger partial charge in [-0.15, -0.1) is 0 Å². The van der Waals surface area contributed by atoms with Gasteiger partial charge in [0.15, 0.2) is 0 Å². The molecule has 2 fully saturated rings. The van der Waals surface area contributed by atoms with Crippen LogP contribution >= 0.6 is 0 Å². The Morgan fingerprint density at radius 3 is 2.40 bits per heavy atom. The van der Waals surface area contributed by atoms with Crippen molar-refractivity contribution in [3.8, 4) is 0 Å². The molecule has 0 aromatic rings. The third-order valence-corrected chi connectivity index (χ3v) is 3.42. The van der Waals surface area contributed by atoms with Gasteiger partial charge in [-0.2, -0.15) is 0 Å². The lowest BCUT2D eigenvalue weighted by molar-refractivity contribution is -0.0979. The zero-order chi connectivity index (χ0) is 11.3. The van der Waals surface area contributed by atoms with E-state index in [2.05, 4.69) is 12.2 Å². The van der Waals surface area contributed by atoms with Gasteiger partial charge in [0.05, 0.1) is 0 Å². The summed E-state index contributed by atoms with van der Waals surface area (Å²) in [4.78, 5) is 13.6. The monoisotopic (exact) mass is 212 g/mol. The van der Waals surface area contributed by atoms with Gasteiger partial charge in [0.25, 0.3) is 0 Å². The fraction of sp³-hybridized carbons (Fsp3) is 0.909. The second kappa shape index (κ2) is 3.11. The van der Waals surface area contributed by atoms with E-state index in [4.69, 9.17) is 4.74 Å². The molecule has 0 saturated carbocycles. The van der Waals surface area contributed by atoms with Gasteiger partial charge >= 0.3 is 6.09 Å². The number of nitrogens with one attached hydrogen (secondary N) is 1. The predicted octanol–water partition coefficient (Wildman–Crippen LogP) is 1.22. The summed E-state index contributed by atoms with van der Waals surface area (Å²) in [7, 11) is 0. The minimum atomic E-state index is -0.391. The molecule has 1 N–H and O–H groups in total. The van der Waals surface area contributed by atoms with Gasteiger partial charge in [0.1, 0.15) is 5.60 Å². The predicted molar refractivity (Wildman–Crippen MR) is 57.7 cm³/mol. The molecule has 15 heavy (non-hydrogen) atoms. The molecule has 0 radical (unpaired) electrons. The molecule has 0 bridgehead atoms. The second-order valence-electron chi connectivity index (χ2n) is 5.75. The molecule has 2 rings (SSSR count). The van der Waals surface area contributed by atoms with E-state index >= 15 is 0 Å². The number of ether oxygens (including phenoxy) is 1. The van der Waals surface area contributed by atoms with Crippen LogP contribution in [0.5, 0.6) is 0 Å². The van der Waals surface area contributed by atoms with Crippen LogP contribution in [0.25, 0.3) is 0 Å². The fourth-order valence-corrected chi connectivity index (χ4v) is 2.22. The zero-order valence-electron chi connectivity index (χ0n) is 9.96. The minimum absolute atomic E-state index is 0.174. The average Bonchev–Trinajstić information content (AvgIpc) is 1.95. The van der Waals surface area contributed by atoms with Crippen molar-refractivity contribution in [2.45, 2.75) is 39.3 Å². The first-order valence-corrected chi connectivity index (χ1v) is 5.54. The van der Waals surface area contributed by atoms with Gasteiger partial charge in [0, 0.05) is 31.1 Å². The Hall–Kier alpha value is -0.770. The molecular formula is C11H20N2O2. The highest BCUT2D eigenvalue weighted by Crippen LogP contribution is 2.41. The smallest absolute Gasteiger partial charge is 0.410 e. The normalized spacial score (nSPS) is 28.3. The van der Waals surface area contributed by atoms with Gasteiger partial charge in [-0.1, -0.05) is 0 Å². The lowest BCUT2D eigenvalue weighted by Crippen LogP contribution is -2.76. The highest BCUT2D eigenvalue weighted by molar-refractivity contribution is 5.70. The van der Waals surface area contributed by atoms with Crippen LogP contribution in [0.4, 0.5) is 4.79 Å². The number of hydrogen-bond acceptors (Lipinski definition) is 3. The van der Waals surface area contributed by atoms with Crippen LogP contribution in [-0.2, 0) is 4.74 Å². The molecule has 4 nitrogen and oxygen atoms in total. The molecule has 0 unspecified atom stereocenters. The summed E-state index contributed by atoms with van der Waals surface area (Å²) in [6, 6.07) is 0.314. The van der Waals surface area contributed by atoms with E-state index in [0.29, 0.717) is 11.5 Å². The Bertz CT molecular complexity index is 279. The van der Waals surface area contributed by atoms with Crippen molar-refractivity contribution in [1.82, 2.24) is 10.2 Å². The first-order valence-electron chi connectivity index (χ1n) is 5.54. The van der Waals surface area contributed by atoms with E-state index in [0.717, 1.165) is 19.6 Å². The summed E-state index contributed by atoms with van der Waals surface area (Å²) in [5.41, 5.74) is -0.0473. The summed E-state index contributed by atoms with van der Waals surface area (Å²) >= 11 is 0. The van der Waals surface area contributed by atoms with E-state index in [1.165, 1.54) is 0 Å². The minimum Gasteiger partial charge on any atom is -0.444 e. The standard InChI is InChI=1S/C11H20N2O2/c1-8-11(5-12-6-11)7-13(8)9(14)15-10(2,3)4/h8,12H,5-7H2,1-4H3/t8-/m0/s1. The summed E-state index contributed by atoms with van der Waals surface area (Å²) in [5.74, 6) is 0. The summed E-state index contributed by atoms with van der Waals surface area (Å²) in [6.07, 6.45) is -0.174. The summed E-state index contributed by atoms with van der Waals surface area (Å²) in [5, 5.41) is 3.26. The molecule has 2 aliphatic rings. The largest absolute Gasteiger partial charge is 0.444 e. The van der Waals surface area contributed by atoms with Crippen molar-refractivity contribution >= 4 is 6.09 Å². The quantitative estimate of drug-likeness (QED) is 0.656. The topological polar surface area (TPSA) is 41.6 Å². The van der Waals surface area contributed by atoms with Gasteiger partial charge in [-0.3, -0.25) is 0 Å². The molecule has 0 aromatic heterocycles. The van der Waals surface area contributed by atoms with E-state index in [1.807, 2.05) is 25.7 Å². The molecule has 1 spiro atoms. The van der Waals surface area contributed by atoms with Crippen molar-refractivity contribution in [3.05, 3.63) is 0 Å². The maximum atomic E-state index is 11.8. The van der Waals surface area contributed by atoms with Gasteiger partial charge in [-0.05, 0) is 27.7 Å². The van der Waals surface area contributed by atoms with Crippen LogP contribution in [-0.4, -0.2) is 42.3 Å². The molecule has 2 aliphatic heterocycles. The first-order chi connectivity index (χ1) is 6.84. The number of likely N-dealkylation sites (tertiary alicyclic amines) is 1. The van der Waals surface area contributed by atoms with Crippen LogP contribution in [0, 0.1) is 5.41 Å². The van der Waals surface area contributed by atoms with E-state index in [1.54, 1.807) is 0 Å². The Labute approximate surface area is 91.0 Å². The highest BCUT2D eigenvalue weighted by atomic mass is 16.6. The third-order valence-electron chi connectivity index (χ3n) is 3.42. The number of carbonyl (C=O) groups excluding carboxylic acids is 1. The van der Waals surface area contributed by atoms with Gasteiger partial charge in [0.2, 0.25) is 0 Å². The van der Waals surface area contributed by atoms with Crippen molar-refractivity contribution in [1.29, 1.82) is 0 Å². The van der Waals surface area contributed by atoms with Crippen LogP contribution in [0.2, 0.25) is 0 Å². The molecule has 0 aromatic carbocycles. The Morgan fingerprint density at radius 1 is 1.47 bits per heavy atom. The third kappa shape index (κ3) is 1.71. The van der Waals surface area contributed by atoms with Gasteiger partial charge in [-0.25, -0.2) is 4.79 Å². The van der Waals surface area contributed by atoms with E-state index in [9.17, 15) is 4.79 Å². The zero-order valence-corrected chi connectivity index (χ0v) is 9.96. The number of hydrogen-bond donors (Lipinski definition) is 1. The molecular weight excluding hydrogens is 192 g/mol. The molecule has 1 amide bonds. The SMILES string of the molecule is C[C@@H]1N(C(=O)OC(C)(C)C)CC12CNC2. The molecule has 2 heterocycles. The lowest BCUT2D eigenvalue weighted by Gasteiger charge is -2.60. The van der Waals surface area contributed by atoms with Crippen LogP contribution in [0.1, 0.15) is 27.7 Å². The highest BCUT2D eigenvalue weighted by Gasteiger charge is 2.56. The van der Waals surface area contributed by atoms with Crippen LogP contribution in [0.15, 0.2) is 0 Å². The van der Waals surface area contributed by atoms with E-state index < -0.39 is 5.60 Å². The molecule has 4 heteroatoms. The molecule has 0 aliphatic carbocycles. The first kappa shape index (κ1) is 10.7.